The van der Waals surface area contributed by atoms with E-state index >= 15 is 0 Å². The van der Waals surface area contributed by atoms with Crippen LogP contribution in [0.2, 0.25) is 0 Å². The Morgan fingerprint density at radius 3 is 2.71 bits per heavy atom. The van der Waals surface area contributed by atoms with Gasteiger partial charge in [-0.05, 0) is 18.1 Å². The number of anilines is 1. The predicted molar refractivity (Wildman–Crippen MR) is 89.8 cm³/mol. The van der Waals surface area contributed by atoms with Gasteiger partial charge in [0.2, 0.25) is 5.91 Å². The number of benzene rings is 1. The molecule has 7 heteroatoms. The van der Waals surface area contributed by atoms with Crippen molar-refractivity contribution in [2.24, 2.45) is 11.7 Å². The number of primary amides is 1. The van der Waals surface area contributed by atoms with E-state index in [9.17, 15) is 9.18 Å². The quantitative estimate of drug-likeness (QED) is 0.754. The summed E-state index contributed by atoms with van der Waals surface area (Å²) in [4.78, 5) is 16.1. The Kier molecular flexibility index (Phi) is 4.16. The zero-order chi connectivity index (χ0) is 17.3. The average Bonchev–Trinajstić information content (AvgIpc) is 3.00. The number of carbonyl (C=O) groups excluding carboxylic acids is 1. The van der Waals surface area contributed by atoms with Crippen LogP contribution in [0.25, 0.3) is 16.9 Å². The number of nitrogens with zero attached hydrogens (tertiary/aromatic N) is 3. The number of nitrogens with one attached hydrogen (secondary N) is 1. The van der Waals surface area contributed by atoms with Gasteiger partial charge in [-0.1, -0.05) is 26.0 Å². The maximum absolute atomic E-state index is 14.1. The van der Waals surface area contributed by atoms with Gasteiger partial charge in [0.15, 0.2) is 5.65 Å². The Labute approximate surface area is 138 Å². The molecule has 3 rings (SSSR count). The fourth-order valence-electron chi connectivity index (χ4n) is 2.55. The zero-order valence-electron chi connectivity index (χ0n) is 13.4. The van der Waals surface area contributed by atoms with E-state index in [-0.39, 0.29) is 11.7 Å². The highest BCUT2D eigenvalue weighted by Crippen LogP contribution is 2.25. The molecule has 2 aromatic heterocycles. The maximum atomic E-state index is 14.1. The van der Waals surface area contributed by atoms with Crippen molar-refractivity contribution in [1.29, 1.82) is 0 Å². The molecule has 0 saturated carbocycles. The number of rotatable bonds is 5. The second-order valence-corrected chi connectivity index (χ2v) is 5.88. The molecule has 1 atom stereocenters. The molecule has 1 amide bonds. The van der Waals surface area contributed by atoms with Crippen molar-refractivity contribution in [3.8, 4) is 11.3 Å². The van der Waals surface area contributed by atoms with Crippen LogP contribution in [0, 0.1) is 11.7 Å². The third kappa shape index (κ3) is 2.92. The molecule has 0 fully saturated rings. The molecule has 2 heterocycles. The van der Waals surface area contributed by atoms with Gasteiger partial charge >= 0.3 is 0 Å². The van der Waals surface area contributed by atoms with Crippen LogP contribution in [-0.2, 0) is 4.79 Å². The highest BCUT2D eigenvalue weighted by Gasteiger charge is 2.21. The first kappa shape index (κ1) is 15.9. The maximum Gasteiger partial charge on any atom is 0.240 e. The van der Waals surface area contributed by atoms with Gasteiger partial charge in [0.1, 0.15) is 17.7 Å². The number of nitrogens with two attached hydrogens (primary N) is 1. The molecule has 0 radical (unpaired) electrons. The molecule has 0 bridgehead atoms. The Morgan fingerprint density at radius 1 is 1.29 bits per heavy atom. The number of hydrogen-bond acceptors (Lipinski definition) is 4. The summed E-state index contributed by atoms with van der Waals surface area (Å²) in [5.41, 5.74) is 6.85. The number of halogens is 1. The molecule has 0 saturated heterocycles. The molecular formula is C17H18FN5O. The van der Waals surface area contributed by atoms with Gasteiger partial charge in [-0.3, -0.25) is 4.79 Å². The van der Waals surface area contributed by atoms with Crippen molar-refractivity contribution in [2.75, 3.05) is 5.32 Å². The van der Waals surface area contributed by atoms with Crippen LogP contribution in [0.4, 0.5) is 10.2 Å². The number of fused-ring (bicyclic) bond motifs is 1. The summed E-state index contributed by atoms with van der Waals surface area (Å²) in [5, 5.41) is 7.29. The van der Waals surface area contributed by atoms with Crippen LogP contribution < -0.4 is 11.1 Å². The molecule has 24 heavy (non-hydrogen) atoms. The van der Waals surface area contributed by atoms with E-state index in [2.05, 4.69) is 15.4 Å². The Hall–Kier alpha value is -2.96. The molecule has 0 aliphatic rings. The molecule has 3 N–H and O–H groups in total. The van der Waals surface area contributed by atoms with Crippen LogP contribution in [-0.4, -0.2) is 26.5 Å². The molecule has 1 aromatic carbocycles. The molecule has 3 aromatic rings. The first-order valence-electron chi connectivity index (χ1n) is 7.63. The van der Waals surface area contributed by atoms with Gasteiger partial charge in [0.05, 0.1) is 11.9 Å². The van der Waals surface area contributed by atoms with Crippen molar-refractivity contribution in [3.63, 3.8) is 0 Å². The Balaban J connectivity index is 2.12. The standard InChI is InChI=1S/C17H18FN5O/c1-10(2)16(17(19)24)22-15-9-13(11-5-3-4-6-12(11)18)21-14-7-8-20-23(14)15/h3-10,16,22H,1-2H3,(H2,19,24). The van der Waals surface area contributed by atoms with E-state index in [1.165, 1.54) is 6.07 Å². The number of aromatic nitrogens is 3. The average molecular weight is 327 g/mol. The number of carbonyl (C=O) groups is 1. The van der Waals surface area contributed by atoms with E-state index in [1.54, 1.807) is 41.0 Å². The van der Waals surface area contributed by atoms with Crippen molar-refractivity contribution in [1.82, 2.24) is 14.6 Å². The monoisotopic (exact) mass is 327 g/mol. The van der Waals surface area contributed by atoms with E-state index in [4.69, 9.17) is 5.73 Å². The molecule has 124 valence electrons. The lowest BCUT2D eigenvalue weighted by molar-refractivity contribution is -0.119. The minimum absolute atomic E-state index is 0.0156. The lowest BCUT2D eigenvalue weighted by Gasteiger charge is -2.21. The second-order valence-electron chi connectivity index (χ2n) is 5.88. The SMILES string of the molecule is CC(C)C(Nc1cc(-c2ccccc2F)nc2ccnn12)C(N)=O. The van der Waals surface area contributed by atoms with Gasteiger partial charge in [-0.2, -0.15) is 9.61 Å². The largest absolute Gasteiger partial charge is 0.368 e. The van der Waals surface area contributed by atoms with Crippen LogP contribution in [0.3, 0.4) is 0 Å². The first-order chi connectivity index (χ1) is 11.5. The summed E-state index contributed by atoms with van der Waals surface area (Å²) in [5.74, 6) is -0.316. The van der Waals surface area contributed by atoms with Crippen LogP contribution in [0.5, 0.6) is 0 Å². The molecule has 0 aliphatic carbocycles. The third-order valence-electron chi connectivity index (χ3n) is 3.79. The minimum atomic E-state index is -0.576. The van der Waals surface area contributed by atoms with Gasteiger partial charge in [0.25, 0.3) is 0 Å². The Bertz CT molecular complexity index is 890. The van der Waals surface area contributed by atoms with E-state index in [0.717, 1.165) is 0 Å². The third-order valence-corrected chi connectivity index (χ3v) is 3.79. The lowest BCUT2D eigenvalue weighted by atomic mass is 10.0. The van der Waals surface area contributed by atoms with Crippen molar-refractivity contribution < 1.29 is 9.18 Å². The van der Waals surface area contributed by atoms with Gasteiger partial charge < -0.3 is 11.1 Å². The second kappa shape index (κ2) is 6.27. The summed E-state index contributed by atoms with van der Waals surface area (Å²) in [6.07, 6.45) is 1.59. The summed E-state index contributed by atoms with van der Waals surface area (Å²) in [7, 11) is 0. The predicted octanol–water partition coefficient (Wildman–Crippen LogP) is 2.46. The molecule has 1 unspecified atom stereocenters. The topological polar surface area (TPSA) is 85.3 Å². The molecule has 0 aliphatic heterocycles. The number of amides is 1. The van der Waals surface area contributed by atoms with E-state index in [0.29, 0.717) is 22.7 Å². The van der Waals surface area contributed by atoms with E-state index in [1.807, 2.05) is 13.8 Å². The van der Waals surface area contributed by atoms with Crippen molar-refractivity contribution in [2.45, 2.75) is 19.9 Å². The first-order valence-corrected chi connectivity index (χ1v) is 7.63. The smallest absolute Gasteiger partial charge is 0.240 e. The van der Waals surface area contributed by atoms with Crippen molar-refractivity contribution >= 4 is 17.4 Å². The zero-order valence-corrected chi connectivity index (χ0v) is 13.4. The van der Waals surface area contributed by atoms with Crippen LogP contribution in [0.1, 0.15) is 13.8 Å². The van der Waals surface area contributed by atoms with Gasteiger partial charge in [0, 0.05) is 17.7 Å². The van der Waals surface area contributed by atoms with Crippen LogP contribution in [0.15, 0.2) is 42.6 Å². The molecule has 0 spiro atoms. The molecular weight excluding hydrogens is 309 g/mol. The number of hydrogen-bond donors (Lipinski definition) is 2. The summed E-state index contributed by atoms with van der Waals surface area (Å²) in [6.45, 7) is 3.78. The van der Waals surface area contributed by atoms with Crippen LogP contribution >= 0.6 is 0 Å². The van der Waals surface area contributed by atoms with E-state index < -0.39 is 11.9 Å². The van der Waals surface area contributed by atoms with Crippen molar-refractivity contribution in [3.05, 3.63) is 48.4 Å². The summed E-state index contributed by atoms with van der Waals surface area (Å²) < 4.78 is 15.7. The summed E-state index contributed by atoms with van der Waals surface area (Å²) in [6, 6.07) is 9.20. The van der Waals surface area contributed by atoms with Gasteiger partial charge in [-0.25, -0.2) is 9.37 Å². The fourth-order valence-corrected chi connectivity index (χ4v) is 2.55. The fraction of sp³-hybridized carbons (Fsp3) is 0.235. The lowest BCUT2D eigenvalue weighted by Crippen LogP contribution is -2.40. The minimum Gasteiger partial charge on any atom is -0.368 e. The highest BCUT2D eigenvalue weighted by atomic mass is 19.1. The molecule has 6 nitrogen and oxygen atoms in total. The normalized spacial score (nSPS) is 12.5. The summed E-state index contributed by atoms with van der Waals surface area (Å²) >= 11 is 0. The highest BCUT2D eigenvalue weighted by molar-refractivity contribution is 5.83. The van der Waals surface area contributed by atoms with Gasteiger partial charge in [-0.15, -0.1) is 0 Å². The Morgan fingerprint density at radius 2 is 2.04 bits per heavy atom.